The van der Waals surface area contributed by atoms with Gasteiger partial charge in [0.05, 0.1) is 42.1 Å². The first kappa shape index (κ1) is 34.7. The highest BCUT2D eigenvalue weighted by molar-refractivity contribution is 7.66. The summed E-state index contributed by atoms with van der Waals surface area (Å²) in [7, 11) is -16.7. The van der Waals surface area contributed by atoms with Crippen molar-refractivity contribution in [3.63, 3.8) is 0 Å². The summed E-state index contributed by atoms with van der Waals surface area (Å²) < 4.78 is 53.3. The first-order chi connectivity index (χ1) is 21.0. The number of nitrogens with two attached hydrogens (primary N) is 1. The van der Waals surface area contributed by atoms with Gasteiger partial charge in [0.2, 0.25) is 0 Å². The van der Waals surface area contributed by atoms with Crippen LogP contribution in [0.3, 0.4) is 0 Å². The SMILES string of the molecule is C[C@@H](Nc1ncnc2c1ncn2[C@H]1CC(O)[C@@H](COP(=O)(O)OP(=O)(O)OP(=O)(O)O)O1)c1ccc(C#CCN)cc1[N+](=O)[O-]. The molecule has 6 atom stereocenters. The Bertz CT molecular complexity index is 1790. The summed E-state index contributed by atoms with van der Waals surface area (Å²) in [6, 6.07) is 3.89. The van der Waals surface area contributed by atoms with E-state index in [9.17, 15) is 38.7 Å². The number of nitrogens with one attached hydrogen (secondary N) is 1. The number of aromatic nitrogens is 4. The Kier molecular flexibility index (Phi) is 10.5. The molecular weight excluding hydrogens is 667 g/mol. The van der Waals surface area contributed by atoms with Crippen molar-refractivity contribution >= 4 is 46.1 Å². The van der Waals surface area contributed by atoms with Crippen molar-refractivity contribution in [2.24, 2.45) is 5.73 Å². The lowest BCUT2D eigenvalue weighted by atomic mass is 10.0. The number of hydrogen-bond acceptors (Lipinski definition) is 15. The van der Waals surface area contributed by atoms with Crippen molar-refractivity contribution in [1.29, 1.82) is 0 Å². The van der Waals surface area contributed by atoms with Crippen LogP contribution in [0, 0.1) is 22.0 Å². The monoisotopic (exact) mass is 693 g/mol. The summed E-state index contributed by atoms with van der Waals surface area (Å²) in [4.78, 5) is 60.1. The maximum absolute atomic E-state index is 12.0. The second-order valence-corrected chi connectivity index (χ2v) is 13.7. The van der Waals surface area contributed by atoms with E-state index >= 15 is 0 Å². The number of nitrogens with zero attached hydrogens (tertiary/aromatic N) is 5. The number of aliphatic hydroxyl groups is 1. The van der Waals surface area contributed by atoms with E-state index in [4.69, 9.17) is 20.3 Å². The highest BCUT2D eigenvalue weighted by atomic mass is 31.3. The average Bonchev–Trinajstić information content (AvgIpc) is 3.52. The Morgan fingerprint density at radius 1 is 1.20 bits per heavy atom. The minimum absolute atomic E-state index is 0.0926. The van der Waals surface area contributed by atoms with Gasteiger partial charge in [-0.15, -0.1) is 0 Å². The second kappa shape index (κ2) is 13.7. The average molecular weight is 693 g/mol. The number of fused-ring (bicyclic) bond motifs is 1. The third-order valence-corrected chi connectivity index (χ3v) is 9.88. The van der Waals surface area contributed by atoms with Crippen LogP contribution in [0.5, 0.6) is 0 Å². The zero-order chi connectivity index (χ0) is 33.2. The van der Waals surface area contributed by atoms with Crippen molar-refractivity contribution in [3.8, 4) is 11.8 Å². The van der Waals surface area contributed by atoms with Crippen LogP contribution in [0.4, 0.5) is 11.5 Å². The Labute approximate surface area is 253 Å². The van der Waals surface area contributed by atoms with Crippen molar-refractivity contribution in [3.05, 3.63) is 52.1 Å². The molecule has 1 saturated heterocycles. The number of rotatable bonds is 12. The predicted molar refractivity (Wildman–Crippen MR) is 151 cm³/mol. The van der Waals surface area contributed by atoms with Gasteiger partial charge in [-0.05, 0) is 19.1 Å². The number of nitro groups is 1. The maximum Gasteiger partial charge on any atom is 0.490 e. The van der Waals surface area contributed by atoms with Crippen molar-refractivity contribution in [2.75, 3.05) is 18.5 Å². The van der Waals surface area contributed by atoms with Crippen LogP contribution in [-0.2, 0) is 31.6 Å². The fourth-order valence-electron chi connectivity index (χ4n) is 4.26. The number of phosphoric acid groups is 3. The van der Waals surface area contributed by atoms with Crippen molar-refractivity contribution in [1.82, 2.24) is 19.5 Å². The van der Waals surface area contributed by atoms with E-state index in [1.807, 2.05) is 0 Å². The molecule has 1 aliphatic heterocycles. The van der Waals surface area contributed by atoms with Crippen LogP contribution in [0.2, 0.25) is 0 Å². The summed E-state index contributed by atoms with van der Waals surface area (Å²) in [5.41, 5.74) is 6.43. The van der Waals surface area contributed by atoms with Gasteiger partial charge in [-0.25, -0.2) is 28.6 Å². The standard InChI is InChI=1S/C21H26N7O14P3/c1-12(14-5-4-13(3-2-6-22)7-15(14)28(30)31)26-20-19-21(24-10-23-20)27(11-25-19)18-8-16(29)17(40-18)9-39-44(35,36)42-45(37,38)41-43(32,33)34/h4-5,7,10-12,16-18,29H,6,8-9,22H2,1H3,(H,35,36)(H,37,38)(H,23,24,26)(H2,32,33,34)/t12-,16?,17-,18-/m1/s1. The van der Waals surface area contributed by atoms with E-state index in [1.165, 1.54) is 23.3 Å². The summed E-state index contributed by atoms with van der Waals surface area (Å²) in [6.07, 6.45) is -1.08. The van der Waals surface area contributed by atoms with E-state index < -0.39 is 59.5 Å². The molecule has 0 bridgehead atoms. The molecule has 21 nitrogen and oxygen atoms in total. The third kappa shape index (κ3) is 8.97. The molecule has 3 unspecified atom stereocenters. The molecule has 0 saturated carbocycles. The fourth-order valence-corrected chi connectivity index (χ4v) is 7.29. The number of ether oxygens (including phenoxy) is 1. The molecule has 45 heavy (non-hydrogen) atoms. The van der Waals surface area contributed by atoms with E-state index in [2.05, 4.69) is 45.3 Å². The van der Waals surface area contributed by atoms with E-state index in [-0.39, 0.29) is 35.6 Å². The fraction of sp³-hybridized carbons (Fsp3) is 0.381. The number of hydrogen-bond donors (Lipinski definition) is 7. The molecular formula is C21H26N7O14P3. The molecule has 2 aromatic heterocycles. The smallest absolute Gasteiger partial charge is 0.390 e. The van der Waals surface area contributed by atoms with Gasteiger partial charge in [-0.3, -0.25) is 19.2 Å². The van der Waals surface area contributed by atoms with Gasteiger partial charge in [0.1, 0.15) is 18.7 Å². The normalized spacial score (nSPS) is 21.8. The van der Waals surface area contributed by atoms with Gasteiger partial charge >= 0.3 is 23.5 Å². The Balaban J connectivity index is 1.47. The number of phosphoric ester groups is 1. The number of benzene rings is 1. The van der Waals surface area contributed by atoms with Gasteiger partial charge in [-0.2, -0.15) is 8.62 Å². The Morgan fingerprint density at radius 2 is 1.93 bits per heavy atom. The molecule has 0 amide bonds. The quantitative estimate of drug-likeness (QED) is 0.0606. The van der Waals surface area contributed by atoms with Gasteiger partial charge < -0.3 is 40.5 Å². The molecule has 24 heteroatoms. The Hall–Kier alpha value is -3.18. The summed E-state index contributed by atoms with van der Waals surface area (Å²) in [6.45, 7) is 0.914. The molecule has 1 aromatic carbocycles. The first-order valence-corrected chi connectivity index (χ1v) is 17.0. The lowest BCUT2D eigenvalue weighted by Gasteiger charge is -2.19. The molecule has 0 radical (unpaired) electrons. The second-order valence-electron chi connectivity index (χ2n) is 9.27. The molecule has 0 spiro atoms. The van der Waals surface area contributed by atoms with E-state index in [0.717, 1.165) is 0 Å². The van der Waals surface area contributed by atoms with Crippen LogP contribution in [0.25, 0.3) is 11.2 Å². The lowest BCUT2D eigenvalue weighted by molar-refractivity contribution is -0.385. The number of anilines is 1. The van der Waals surface area contributed by atoms with E-state index in [0.29, 0.717) is 11.1 Å². The summed E-state index contributed by atoms with van der Waals surface area (Å²) in [5, 5.41) is 25.3. The van der Waals surface area contributed by atoms with Crippen LogP contribution in [-0.4, -0.2) is 74.5 Å². The highest BCUT2D eigenvalue weighted by Crippen LogP contribution is 2.66. The van der Waals surface area contributed by atoms with Crippen molar-refractivity contribution in [2.45, 2.75) is 37.8 Å². The predicted octanol–water partition coefficient (Wildman–Crippen LogP) is 1.21. The first-order valence-electron chi connectivity index (χ1n) is 12.5. The topological polar surface area (TPSA) is 314 Å². The van der Waals surface area contributed by atoms with Gasteiger partial charge in [0, 0.05) is 18.1 Å². The largest absolute Gasteiger partial charge is 0.490 e. The Morgan fingerprint density at radius 3 is 2.60 bits per heavy atom. The van der Waals surface area contributed by atoms with Crippen LogP contribution < -0.4 is 11.1 Å². The van der Waals surface area contributed by atoms with Crippen LogP contribution in [0.1, 0.15) is 36.7 Å². The van der Waals surface area contributed by atoms with Gasteiger partial charge in [0.15, 0.2) is 17.0 Å². The van der Waals surface area contributed by atoms with E-state index in [1.54, 1.807) is 19.1 Å². The maximum atomic E-state index is 12.0. The zero-order valence-electron chi connectivity index (χ0n) is 22.9. The molecule has 1 fully saturated rings. The third-order valence-electron chi connectivity index (χ3n) is 6.07. The molecule has 4 rings (SSSR count). The summed E-state index contributed by atoms with van der Waals surface area (Å²) in [5.74, 6) is 5.61. The number of nitro benzene ring substituents is 1. The molecule has 3 heterocycles. The molecule has 8 N–H and O–H groups in total. The minimum Gasteiger partial charge on any atom is -0.390 e. The molecule has 0 aliphatic carbocycles. The number of aliphatic hydroxyl groups excluding tert-OH is 1. The number of imidazole rings is 1. The lowest BCUT2D eigenvalue weighted by Crippen LogP contribution is -2.26. The van der Waals surface area contributed by atoms with Crippen LogP contribution >= 0.6 is 23.5 Å². The van der Waals surface area contributed by atoms with Crippen molar-refractivity contribution < 1.29 is 61.2 Å². The van der Waals surface area contributed by atoms with Crippen LogP contribution in [0.15, 0.2) is 30.9 Å². The molecule has 244 valence electrons. The zero-order valence-corrected chi connectivity index (χ0v) is 25.6. The van der Waals surface area contributed by atoms with Gasteiger partial charge in [0.25, 0.3) is 5.69 Å². The highest BCUT2D eigenvalue weighted by Gasteiger charge is 2.43. The molecule has 1 aliphatic rings. The van der Waals surface area contributed by atoms with Gasteiger partial charge in [-0.1, -0.05) is 11.8 Å². The molecule has 3 aromatic rings. The minimum atomic E-state index is -5.72. The summed E-state index contributed by atoms with van der Waals surface area (Å²) >= 11 is 0.